The van der Waals surface area contributed by atoms with Gasteiger partial charge in [-0.3, -0.25) is 13.9 Å². The third-order valence-electron chi connectivity index (χ3n) is 6.10. The summed E-state index contributed by atoms with van der Waals surface area (Å²) in [5.41, 5.74) is 1.97. The van der Waals surface area contributed by atoms with Crippen LogP contribution in [0.1, 0.15) is 31.4 Å². The number of nitrogens with one attached hydrogen (secondary N) is 1. The highest BCUT2D eigenvalue weighted by molar-refractivity contribution is 7.92. The second-order valence-corrected chi connectivity index (χ2v) is 10.9. The van der Waals surface area contributed by atoms with Crippen molar-refractivity contribution in [2.24, 2.45) is 0 Å². The molecule has 0 heterocycles. The maximum Gasteiger partial charge on any atom is 0.264 e. The van der Waals surface area contributed by atoms with Gasteiger partial charge in [0.25, 0.3) is 10.0 Å². The van der Waals surface area contributed by atoms with Crippen LogP contribution in [0.25, 0.3) is 0 Å². The van der Waals surface area contributed by atoms with Gasteiger partial charge in [-0.1, -0.05) is 49.4 Å². The number of amides is 2. The summed E-state index contributed by atoms with van der Waals surface area (Å²) in [7, 11) is -2.53. The molecule has 0 saturated heterocycles. The van der Waals surface area contributed by atoms with Crippen LogP contribution in [0.5, 0.6) is 5.75 Å². The topological polar surface area (TPSA) is 96.0 Å². The first kappa shape index (κ1) is 28.7. The third kappa shape index (κ3) is 7.13. The van der Waals surface area contributed by atoms with Gasteiger partial charge in [0, 0.05) is 13.1 Å². The van der Waals surface area contributed by atoms with E-state index in [0.29, 0.717) is 18.0 Å². The Kier molecular flexibility index (Phi) is 9.90. The van der Waals surface area contributed by atoms with Crippen LogP contribution in [0.2, 0.25) is 0 Å². The molecule has 1 N–H and O–H groups in total. The van der Waals surface area contributed by atoms with E-state index in [9.17, 15) is 18.0 Å². The van der Waals surface area contributed by atoms with E-state index in [1.165, 1.54) is 17.0 Å². The third-order valence-corrected chi connectivity index (χ3v) is 7.89. The number of anilines is 1. The summed E-state index contributed by atoms with van der Waals surface area (Å²) < 4.78 is 33.9. The standard InChI is InChI=1S/C29H35N3O5S/c1-5-17-30-29(34)23(3)31(20-24-12-10-14-26(19-24)37-4)28(33)21-32(25-13-9-11-22(2)18-25)38(35,36)27-15-7-6-8-16-27/h6-16,18-19,23H,5,17,20-21H2,1-4H3,(H,30,34). The van der Waals surface area contributed by atoms with Crippen LogP contribution in [0.15, 0.2) is 83.8 Å². The lowest BCUT2D eigenvalue weighted by molar-refractivity contribution is -0.139. The molecule has 8 nitrogen and oxygen atoms in total. The summed E-state index contributed by atoms with van der Waals surface area (Å²) in [6.45, 7) is 5.54. The van der Waals surface area contributed by atoms with E-state index in [1.54, 1.807) is 68.6 Å². The van der Waals surface area contributed by atoms with Gasteiger partial charge < -0.3 is 15.0 Å². The van der Waals surface area contributed by atoms with Crippen LogP contribution >= 0.6 is 0 Å². The normalized spacial score (nSPS) is 11.9. The van der Waals surface area contributed by atoms with Gasteiger partial charge in [0.05, 0.1) is 17.7 Å². The maximum atomic E-state index is 13.9. The van der Waals surface area contributed by atoms with Gasteiger partial charge in [-0.25, -0.2) is 8.42 Å². The van der Waals surface area contributed by atoms with E-state index in [4.69, 9.17) is 4.74 Å². The SMILES string of the molecule is CCCNC(=O)C(C)N(Cc1cccc(OC)c1)C(=O)CN(c1cccc(C)c1)S(=O)(=O)c1ccccc1. The van der Waals surface area contributed by atoms with Gasteiger partial charge in [-0.2, -0.15) is 0 Å². The Morgan fingerprint density at radius 1 is 0.974 bits per heavy atom. The molecule has 0 aliphatic carbocycles. The molecule has 3 aromatic rings. The zero-order valence-corrected chi connectivity index (χ0v) is 23.1. The lowest BCUT2D eigenvalue weighted by Gasteiger charge is -2.32. The van der Waals surface area contributed by atoms with Gasteiger partial charge in [0.15, 0.2) is 0 Å². The molecule has 0 radical (unpaired) electrons. The maximum absolute atomic E-state index is 13.9. The molecule has 9 heteroatoms. The summed E-state index contributed by atoms with van der Waals surface area (Å²) in [6.07, 6.45) is 0.749. The second-order valence-electron chi connectivity index (χ2n) is 9.00. The van der Waals surface area contributed by atoms with Crippen molar-refractivity contribution in [3.63, 3.8) is 0 Å². The summed E-state index contributed by atoms with van der Waals surface area (Å²) in [5.74, 6) is -0.199. The molecule has 0 aliphatic heterocycles. The molecule has 2 amide bonds. The fourth-order valence-electron chi connectivity index (χ4n) is 3.98. The zero-order chi connectivity index (χ0) is 27.7. The zero-order valence-electron chi connectivity index (χ0n) is 22.3. The highest BCUT2D eigenvalue weighted by Crippen LogP contribution is 2.25. The number of nitrogens with zero attached hydrogens (tertiary/aromatic N) is 2. The molecular formula is C29H35N3O5S. The molecule has 38 heavy (non-hydrogen) atoms. The Bertz CT molecular complexity index is 1350. The van der Waals surface area contributed by atoms with E-state index >= 15 is 0 Å². The minimum atomic E-state index is -4.08. The summed E-state index contributed by atoms with van der Waals surface area (Å²) in [4.78, 5) is 28.3. The highest BCUT2D eigenvalue weighted by atomic mass is 32.2. The van der Waals surface area contributed by atoms with E-state index in [1.807, 2.05) is 26.0 Å². The van der Waals surface area contributed by atoms with Crippen LogP contribution in [-0.4, -0.2) is 51.4 Å². The molecule has 202 valence electrons. The number of rotatable bonds is 12. The minimum Gasteiger partial charge on any atom is -0.497 e. The first-order valence-corrected chi connectivity index (χ1v) is 14.0. The summed E-state index contributed by atoms with van der Waals surface area (Å²) in [5, 5.41) is 2.83. The average Bonchev–Trinajstić information content (AvgIpc) is 2.93. The average molecular weight is 538 g/mol. The predicted octanol–water partition coefficient (Wildman–Crippen LogP) is 4.14. The first-order chi connectivity index (χ1) is 18.2. The predicted molar refractivity (Wildman–Crippen MR) is 148 cm³/mol. The van der Waals surface area contributed by atoms with Crippen molar-refractivity contribution in [1.29, 1.82) is 0 Å². The van der Waals surface area contributed by atoms with Crippen LogP contribution in [0.3, 0.4) is 0 Å². The number of sulfonamides is 1. The van der Waals surface area contributed by atoms with Crippen molar-refractivity contribution in [2.45, 2.75) is 44.7 Å². The Labute approximate surface area is 225 Å². The number of ether oxygens (including phenoxy) is 1. The van der Waals surface area contributed by atoms with Crippen molar-refractivity contribution in [3.05, 3.63) is 90.0 Å². The van der Waals surface area contributed by atoms with Gasteiger partial charge >= 0.3 is 0 Å². The van der Waals surface area contributed by atoms with Crippen molar-refractivity contribution < 1.29 is 22.7 Å². The Hall–Kier alpha value is -3.85. The molecule has 1 atom stereocenters. The molecule has 1 unspecified atom stereocenters. The fourth-order valence-corrected chi connectivity index (χ4v) is 5.40. The van der Waals surface area contributed by atoms with Crippen LogP contribution in [0, 0.1) is 6.92 Å². The van der Waals surface area contributed by atoms with Gasteiger partial charge in [0.1, 0.15) is 18.3 Å². The molecular weight excluding hydrogens is 502 g/mol. The number of aryl methyl sites for hydroxylation is 1. The Morgan fingerprint density at radius 3 is 2.34 bits per heavy atom. The number of methoxy groups -OCH3 is 1. The summed E-state index contributed by atoms with van der Waals surface area (Å²) >= 11 is 0. The molecule has 3 rings (SSSR count). The smallest absolute Gasteiger partial charge is 0.264 e. The van der Waals surface area contributed by atoms with Crippen molar-refractivity contribution in [1.82, 2.24) is 10.2 Å². The van der Waals surface area contributed by atoms with E-state index in [-0.39, 0.29) is 17.3 Å². The largest absolute Gasteiger partial charge is 0.497 e. The molecule has 0 bridgehead atoms. The van der Waals surface area contributed by atoms with Gasteiger partial charge in [-0.15, -0.1) is 0 Å². The van der Waals surface area contributed by atoms with E-state index < -0.39 is 28.5 Å². The van der Waals surface area contributed by atoms with Crippen LogP contribution in [-0.2, 0) is 26.2 Å². The molecule has 0 spiro atoms. The Balaban J connectivity index is 2.01. The highest BCUT2D eigenvalue weighted by Gasteiger charge is 2.32. The fraction of sp³-hybridized carbons (Fsp3) is 0.310. The quantitative estimate of drug-likeness (QED) is 0.375. The minimum absolute atomic E-state index is 0.0717. The second kappa shape index (κ2) is 13.1. The number of hydrogen-bond donors (Lipinski definition) is 1. The number of carbonyl (C=O) groups excluding carboxylic acids is 2. The number of benzene rings is 3. The van der Waals surface area contributed by atoms with Crippen molar-refractivity contribution >= 4 is 27.5 Å². The monoisotopic (exact) mass is 537 g/mol. The lowest BCUT2D eigenvalue weighted by atomic mass is 10.1. The molecule has 0 aliphatic rings. The van der Waals surface area contributed by atoms with E-state index in [0.717, 1.165) is 21.9 Å². The molecule has 0 aromatic heterocycles. The van der Waals surface area contributed by atoms with Gasteiger partial charge in [0.2, 0.25) is 11.8 Å². The van der Waals surface area contributed by atoms with Gasteiger partial charge in [-0.05, 0) is 67.8 Å². The molecule has 3 aromatic carbocycles. The molecule has 0 saturated carbocycles. The Morgan fingerprint density at radius 2 is 1.68 bits per heavy atom. The van der Waals surface area contributed by atoms with E-state index in [2.05, 4.69) is 5.32 Å². The molecule has 0 fully saturated rings. The van der Waals surface area contributed by atoms with Crippen LogP contribution in [0.4, 0.5) is 5.69 Å². The van der Waals surface area contributed by atoms with Crippen molar-refractivity contribution in [2.75, 3.05) is 24.5 Å². The summed E-state index contributed by atoms with van der Waals surface area (Å²) in [6, 6.07) is 21.4. The van der Waals surface area contributed by atoms with Crippen molar-refractivity contribution in [3.8, 4) is 5.75 Å². The number of carbonyl (C=O) groups is 2. The number of hydrogen-bond acceptors (Lipinski definition) is 5. The van der Waals surface area contributed by atoms with Crippen LogP contribution < -0.4 is 14.4 Å². The lowest BCUT2D eigenvalue weighted by Crippen LogP contribution is -2.51. The first-order valence-electron chi connectivity index (χ1n) is 12.5.